The number of aromatic amines is 1. The van der Waals surface area contributed by atoms with Gasteiger partial charge in [0.25, 0.3) is 5.91 Å². The molecule has 3 heterocycles. The van der Waals surface area contributed by atoms with Crippen LogP contribution in [0.3, 0.4) is 0 Å². The van der Waals surface area contributed by atoms with Crippen LogP contribution in [0.15, 0.2) is 42.9 Å². The molecule has 0 radical (unpaired) electrons. The van der Waals surface area contributed by atoms with Gasteiger partial charge in [0.2, 0.25) is 0 Å². The lowest BCUT2D eigenvalue weighted by Gasteiger charge is -2.17. The van der Waals surface area contributed by atoms with Gasteiger partial charge in [0.05, 0.1) is 12.2 Å². The fourth-order valence-electron chi connectivity index (χ4n) is 3.14. The second-order valence-corrected chi connectivity index (χ2v) is 5.97. The molecule has 5 nitrogen and oxygen atoms in total. The van der Waals surface area contributed by atoms with E-state index in [1.54, 1.807) is 0 Å². The van der Waals surface area contributed by atoms with Crippen LogP contribution in [0.2, 0.25) is 0 Å². The summed E-state index contributed by atoms with van der Waals surface area (Å²) in [6.07, 6.45) is 6.76. The Hall–Kier alpha value is -2.56. The maximum absolute atomic E-state index is 12.7. The molecule has 4 rings (SSSR count). The van der Waals surface area contributed by atoms with Crippen molar-refractivity contribution in [1.82, 2.24) is 19.7 Å². The molecule has 1 aromatic carbocycles. The Labute approximate surface area is 128 Å². The molecule has 1 aliphatic rings. The summed E-state index contributed by atoms with van der Waals surface area (Å²) in [6, 6.07) is 8.12. The van der Waals surface area contributed by atoms with Crippen LogP contribution in [0.25, 0.3) is 10.9 Å². The van der Waals surface area contributed by atoms with Crippen LogP contribution in [-0.4, -0.2) is 38.7 Å². The first-order valence-corrected chi connectivity index (χ1v) is 7.58. The van der Waals surface area contributed by atoms with E-state index in [-0.39, 0.29) is 11.9 Å². The molecule has 1 saturated heterocycles. The number of H-pyrrole nitrogens is 1. The fourth-order valence-corrected chi connectivity index (χ4v) is 3.14. The number of carbonyl (C=O) groups is 1. The van der Waals surface area contributed by atoms with E-state index in [1.807, 2.05) is 59.4 Å². The van der Waals surface area contributed by atoms with Crippen LogP contribution in [-0.2, 0) is 0 Å². The Morgan fingerprint density at radius 1 is 1.36 bits per heavy atom. The van der Waals surface area contributed by atoms with Crippen molar-refractivity contribution in [2.24, 2.45) is 0 Å². The second-order valence-electron chi connectivity index (χ2n) is 5.97. The first kappa shape index (κ1) is 13.1. The number of amides is 1. The third-order valence-corrected chi connectivity index (χ3v) is 4.36. The Balaban J connectivity index is 1.53. The summed E-state index contributed by atoms with van der Waals surface area (Å²) in [7, 11) is 0. The third kappa shape index (κ3) is 2.19. The normalized spacial score (nSPS) is 18.2. The summed E-state index contributed by atoms with van der Waals surface area (Å²) in [5, 5.41) is 5.50. The molecule has 1 atom stereocenters. The molecule has 1 amide bonds. The molecule has 1 N–H and O–H groups in total. The van der Waals surface area contributed by atoms with Gasteiger partial charge >= 0.3 is 0 Å². The van der Waals surface area contributed by atoms with E-state index in [0.717, 1.165) is 41.5 Å². The quantitative estimate of drug-likeness (QED) is 0.790. The number of nitrogens with zero attached hydrogens (tertiary/aromatic N) is 3. The zero-order valence-corrected chi connectivity index (χ0v) is 12.5. The van der Waals surface area contributed by atoms with Gasteiger partial charge in [-0.1, -0.05) is 6.07 Å². The highest BCUT2D eigenvalue weighted by Crippen LogP contribution is 2.24. The molecule has 0 aliphatic carbocycles. The van der Waals surface area contributed by atoms with Crippen molar-refractivity contribution in [3.05, 3.63) is 54.0 Å². The molecule has 1 aliphatic heterocycles. The molecule has 0 spiro atoms. The second kappa shape index (κ2) is 5.02. The van der Waals surface area contributed by atoms with Crippen molar-refractivity contribution in [3.63, 3.8) is 0 Å². The highest BCUT2D eigenvalue weighted by molar-refractivity contribution is 5.98. The number of nitrogens with one attached hydrogen (secondary N) is 1. The Morgan fingerprint density at radius 2 is 2.27 bits per heavy atom. The highest BCUT2D eigenvalue weighted by atomic mass is 16.2. The van der Waals surface area contributed by atoms with Crippen molar-refractivity contribution in [1.29, 1.82) is 0 Å². The molecule has 1 fully saturated rings. The molecule has 112 valence electrons. The zero-order valence-electron chi connectivity index (χ0n) is 12.5. The van der Waals surface area contributed by atoms with Crippen LogP contribution in [0.1, 0.15) is 28.4 Å². The van der Waals surface area contributed by atoms with Crippen molar-refractivity contribution >= 4 is 16.8 Å². The number of rotatable bonds is 2. The standard InChI is InChI=1S/C17H18N4O/c1-12-9-19-21(10-12)15-5-7-20(11-15)17(22)14-3-2-13-4-6-18-16(13)8-14/h2-4,6,8-10,15,18H,5,7,11H2,1H3. The van der Waals surface area contributed by atoms with E-state index in [4.69, 9.17) is 0 Å². The van der Waals surface area contributed by atoms with Crippen molar-refractivity contribution in [3.8, 4) is 0 Å². The minimum absolute atomic E-state index is 0.0999. The van der Waals surface area contributed by atoms with Crippen LogP contribution >= 0.6 is 0 Å². The van der Waals surface area contributed by atoms with Crippen molar-refractivity contribution in [2.45, 2.75) is 19.4 Å². The number of benzene rings is 1. The molecule has 2 aromatic heterocycles. The molecule has 0 bridgehead atoms. The summed E-state index contributed by atoms with van der Waals surface area (Å²) < 4.78 is 1.98. The van der Waals surface area contributed by atoms with Gasteiger partial charge in [-0.3, -0.25) is 9.48 Å². The topological polar surface area (TPSA) is 53.9 Å². The van der Waals surface area contributed by atoms with Gasteiger partial charge in [0.1, 0.15) is 0 Å². The van der Waals surface area contributed by atoms with Gasteiger partial charge in [-0.2, -0.15) is 5.10 Å². The van der Waals surface area contributed by atoms with Gasteiger partial charge < -0.3 is 9.88 Å². The molecule has 3 aromatic rings. The maximum atomic E-state index is 12.7. The number of fused-ring (bicyclic) bond motifs is 1. The van der Waals surface area contributed by atoms with E-state index in [1.165, 1.54) is 0 Å². The minimum Gasteiger partial charge on any atom is -0.361 e. The van der Waals surface area contributed by atoms with Crippen LogP contribution in [0, 0.1) is 6.92 Å². The largest absolute Gasteiger partial charge is 0.361 e. The summed E-state index contributed by atoms with van der Waals surface area (Å²) in [5.74, 6) is 0.0999. The predicted molar refractivity (Wildman–Crippen MR) is 84.8 cm³/mol. The smallest absolute Gasteiger partial charge is 0.254 e. The Bertz CT molecular complexity index is 832. The van der Waals surface area contributed by atoms with Crippen LogP contribution < -0.4 is 0 Å². The first-order chi connectivity index (χ1) is 10.7. The monoisotopic (exact) mass is 294 g/mol. The summed E-state index contributed by atoms with van der Waals surface area (Å²) in [5.41, 5.74) is 2.90. The van der Waals surface area contributed by atoms with E-state index in [9.17, 15) is 4.79 Å². The average molecular weight is 294 g/mol. The SMILES string of the molecule is Cc1cnn(C2CCN(C(=O)c3ccc4cc[nH]c4c3)C2)c1. The molecular weight excluding hydrogens is 276 g/mol. The number of aryl methyl sites for hydroxylation is 1. The molecule has 5 heteroatoms. The van der Waals surface area contributed by atoms with Gasteiger partial charge in [-0.15, -0.1) is 0 Å². The number of hydrogen-bond donors (Lipinski definition) is 1. The van der Waals surface area contributed by atoms with Crippen molar-refractivity contribution < 1.29 is 4.79 Å². The number of likely N-dealkylation sites (tertiary alicyclic amines) is 1. The summed E-state index contributed by atoms with van der Waals surface area (Å²) in [4.78, 5) is 17.8. The van der Waals surface area contributed by atoms with E-state index in [2.05, 4.69) is 10.1 Å². The van der Waals surface area contributed by atoms with Gasteiger partial charge in [-0.25, -0.2) is 0 Å². The predicted octanol–water partition coefficient (Wildman–Crippen LogP) is 2.76. The third-order valence-electron chi connectivity index (χ3n) is 4.36. The lowest BCUT2D eigenvalue weighted by Crippen LogP contribution is -2.29. The van der Waals surface area contributed by atoms with E-state index >= 15 is 0 Å². The molecule has 1 unspecified atom stereocenters. The summed E-state index contributed by atoms with van der Waals surface area (Å²) in [6.45, 7) is 3.54. The Kier molecular flexibility index (Phi) is 2.99. The lowest BCUT2D eigenvalue weighted by molar-refractivity contribution is 0.0787. The maximum Gasteiger partial charge on any atom is 0.254 e. The van der Waals surface area contributed by atoms with Gasteiger partial charge in [-0.05, 0) is 42.5 Å². The summed E-state index contributed by atoms with van der Waals surface area (Å²) >= 11 is 0. The average Bonchev–Trinajstić information content (AvgIpc) is 3.25. The number of hydrogen-bond acceptors (Lipinski definition) is 2. The van der Waals surface area contributed by atoms with Gasteiger partial charge in [0, 0.05) is 36.6 Å². The molecule has 22 heavy (non-hydrogen) atoms. The van der Waals surface area contributed by atoms with Gasteiger partial charge in [0.15, 0.2) is 0 Å². The zero-order chi connectivity index (χ0) is 15.1. The van der Waals surface area contributed by atoms with Crippen molar-refractivity contribution in [2.75, 3.05) is 13.1 Å². The molecule has 0 saturated carbocycles. The number of carbonyl (C=O) groups excluding carboxylic acids is 1. The van der Waals surface area contributed by atoms with Crippen LogP contribution in [0.4, 0.5) is 0 Å². The van der Waals surface area contributed by atoms with Crippen LogP contribution in [0.5, 0.6) is 0 Å². The number of aromatic nitrogens is 3. The lowest BCUT2D eigenvalue weighted by atomic mass is 10.1. The minimum atomic E-state index is 0.0999. The molecular formula is C17H18N4O. The van der Waals surface area contributed by atoms with E-state index < -0.39 is 0 Å². The Morgan fingerprint density at radius 3 is 3.09 bits per heavy atom. The highest BCUT2D eigenvalue weighted by Gasteiger charge is 2.28. The van der Waals surface area contributed by atoms with E-state index in [0.29, 0.717) is 0 Å². The fraction of sp³-hybridized carbons (Fsp3) is 0.294. The first-order valence-electron chi connectivity index (χ1n) is 7.58.